The van der Waals surface area contributed by atoms with Crippen LogP contribution in [0.1, 0.15) is 47.8 Å². The number of fused-ring (bicyclic) bond motifs is 1. The van der Waals surface area contributed by atoms with Crippen molar-refractivity contribution >= 4 is 16.8 Å². The molecule has 0 spiro atoms. The summed E-state index contributed by atoms with van der Waals surface area (Å²) in [5.41, 5.74) is 5.19. The maximum absolute atomic E-state index is 13.3. The first-order valence-corrected chi connectivity index (χ1v) is 10.9. The number of hydrogen-bond acceptors (Lipinski definition) is 4. The van der Waals surface area contributed by atoms with Gasteiger partial charge in [-0.3, -0.25) is 9.78 Å². The van der Waals surface area contributed by atoms with Gasteiger partial charge in [-0.2, -0.15) is 0 Å². The average Bonchev–Trinajstić information content (AvgIpc) is 2.83. The van der Waals surface area contributed by atoms with E-state index in [0.717, 1.165) is 45.5 Å². The lowest BCUT2D eigenvalue weighted by Crippen LogP contribution is -2.27. The van der Waals surface area contributed by atoms with E-state index in [-0.39, 0.29) is 11.9 Å². The number of carbonyl (C=O) groups is 1. The van der Waals surface area contributed by atoms with Crippen molar-refractivity contribution in [1.82, 2.24) is 15.3 Å². The van der Waals surface area contributed by atoms with Crippen molar-refractivity contribution in [3.8, 4) is 17.0 Å². The van der Waals surface area contributed by atoms with Crippen LogP contribution in [-0.2, 0) is 0 Å². The fourth-order valence-electron chi connectivity index (χ4n) is 3.63. The molecule has 4 rings (SSSR count). The minimum Gasteiger partial charge on any atom is -0.494 e. The third kappa shape index (κ3) is 4.78. The van der Waals surface area contributed by atoms with E-state index in [1.807, 2.05) is 74.5 Å². The van der Waals surface area contributed by atoms with Gasteiger partial charge in [0.25, 0.3) is 5.91 Å². The molecule has 0 saturated heterocycles. The van der Waals surface area contributed by atoms with Crippen molar-refractivity contribution in [3.05, 3.63) is 89.7 Å². The number of carbonyl (C=O) groups excluding carboxylic acids is 1. The van der Waals surface area contributed by atoms with Crippen LogP contribution in [0.5, 0.6) is 5.75 Å². The van der Waals surface area contributed by atoms with Crippen molar-refractivity contribution in [2.75, 3.05) is 6.61 Å². The second kappa shape index (κ2) is 9.60. The lowest BCUT2D eigenvalue weighted by molar-refractivity contribution is 0.0941. The Hall–Kier alpha value is -3.73. The van der Waals surface area contributed by atoms with Gasteiger partial charge >= 0.3 is 0 Å². The normalized spacial score (nSPS) is 11.8. The Morgan fingerprint density at radius 3 is 2.50 bits per heavy atom. The molecule has 0 bridgehead atoms. The van der Waals surface area contributed by atoms with Crippen LogP contribution in [0.2, 0.25) is 0 Å². The van der Waals surface area contributed by atoms with Gasteiger partial charge in [0.15, 0.2) is 0 Å². The maximum Gasteiger partial charge on any atom is 0.252 e. The average molecular weight is 426 g/mol. The molecule has 32 heavy (non-hydrogen) atoms. The summed E-state index contributed by atoms with van der Waals surface area (Å²) in [7, 11) is 0. The van der Waals surface area contributed by atoms with E-state index in [4.69, 9.17) is 9.72 Å². The Morgan fingerprint density at radius 2 is 1.78 bits per heavy atom. The largest absolute Gasteiger partial charge is 0.494 e. The molecule has 0 aliphatic carbocycles. The molecule has 1 atom stereocenters. The van der Waals surface area contributed by atoms with Crippen LogP contribution < -0.4 is 10.1 Å². The standard InChI is InChI=1S/C27H27N3O2/c1-4-15-32-22-8-6-21(7-9-22)26-17-24(23-16-18(2)5-10-25(23)30-26)27(31)29-19(3)20-11-13-28-14-12-20/h5-14,16-17,19H,4,15H2,1-3H3,(H,29,31)/t19-/m0/s1. The highest BCUT2D eigenvalue weighted by Gasteiger charge is 2.17. The third-order valence-corrected chi connectivity index (χ3v) is 5.39. The van der Waals surface area contributed by atoms with Crippen LogP contribution in [0, 0.1) is 6.92 Å². The molecule has 0 radical (unpaired) electrons. The van der Waals surface area contributed by atoms with Crippen molar-refractivity contribution < 1.29 is 9.53 Å². The van der Waals surface area contributed by atoms with Crippen LogP contribution >= 0.6 is 0 Å². The number of rotatable bonds is 7. The summed E-state index contributed by atoms with van der Waals surface area (Å²) >= 11 is 0. The summed E-state index contributed by atoms with van der Waals surface area (Å²) in [6.45, 7) is 6.76. The number of pyridine rings is 2. The van der Waals surface area contributed by atoms with Crippen LogP contribution in [-0.4, -0.2) is 22.5 Å². The first-order chi connectivity index (χ1) is 15.5. The maximum atomic E-state index is 13.3. The first kappa shape index (κ1) is 21.5. The Bertz CT molecular complexity index is 1220. The highest BCUT2D eigenvalue weighted by molar-refractivity contribution is 6.07. The van der Waals surface area contributed by atoms with Crippen LogP contribution in [0.15, 0.2) is 73.1 Å². The highest BCUT2D eigenvalue weighted by atomic mass is 16.5. The van der Waals surface area contributed by atoms with Gasteiger partial charge in [0.05, 0.1) is 29.4 Å². The lowest BCUT2D eigenvalue weighted by atomic mass is 10.0. The third-order valence-electron chi connectivity index (χ3n) is 5.39. The lowest BCUT2D eigenvalue weighted by Gasteiger charge is -2.16. The molecule has 0 saturated carbocycles. The quantitative estimate of drug-likeness (QED) is 0.401. The molecular weight excluding hydrogens is 398 g/mol. The monoisotopic (exact) mass is 425 g/mol. The predicted octanol–water partition coefficient (Wildman–Crippen LogP) is 5.89. The predicted molar refractivity (Wildman–Crippen MR) is 128 cm³/mol. The van der Waals surface area contributed by atoms with Gasteiger partial charge in [-0.25, -0.2) is 4.98 Å². The number of benzene rings is 2. The number of hydrogen-bond donors (Lipinski definition) is 1. The van der Waals surface area contributed by atoms with E-state index in [1.54, 1.807) is 12.4 Å². The smallest absolute Gasteiger partial charge is 0.252 e. The van der Waals surface area contributed by atoms with E-state index < -0.39 is 0 Å². The van der Waals surface area contributed by atoms with Gasteiger partial charge in [-0.05, 0) is 80.4 Å². The fourth-order valence-corrected chi connectivity index (χ4v) is 3.63. The molecule has 2 aromatic carbocycles. The SMILES string of the molecule is CCCOc1ccc(-c2cc(C(=O)N[C@@H](C)c3ccncc3)c3cc(C)ccc3n2)cc1. The van der Waals surface area contributed by atoms with Crippen molar-refractivity contribution in [2.24, 2.45) is 0 Å². The van der Waals surface area contributed by atoms with E-state index >= 15 is 0 Å². The Kier molecular flexibility index (Phi) is 6.45. The van der Waals surface area contributed by atoms with Gasteiger partial charge in [-0.15, -0.1) is 0 Å². The van der Waals surface area contributed by atoms with E-state index in [0.29, 0.717) is 12.2 Å². The molecule has 162 valence electrons. The summed E-state index contributed by atoms with van der Waals surface area (Å²) in [4.78, 5) is 22.2. The van der Waals surface area contributed by atoms with Crippen LogP contribution in [0.4, 0.5) is 0 Å². The summed E-state index contributed by atoms with van der Waals surface area (Å²) in [5, 5.41) is 3.96. The number of aryl methyl sites for hydroxylation is 1. The molecule has 1 amide bonds. The fraction of sp³-hybridized carbons (Fsp3) is 0.222. The first-order valence-electron chi connectivity index (χ1n) is 10.9. The van der Waals surface area contributed by atoms with Gasteiger partial charge in [0, 0.05) is 23.3 Å². The molecule has 0 fully saturated rings. The van der Waals surface area contributed by atoms with E-state index in [9.17, 15) is 4.79 Å². The van der Waals surface area contributed by atoms with E-state index in [2.05, 4.69) is 17.2 Å². The summed E-state index contributed by atoms with van der Waals surface area (Å²) in [6.07, 6.45) is 4.42. The molecule has 1 N–H and O–H groups in total. The zero-order valence-electron chi connectivity index (χ0n) is 18.6. The number of aromatic nitrogens is 2. The molecule has 2 heterocycles. The molecule has 5 heteroatoms. The highest BCUT2D eigenvalue weighted by Crippen LogP contribution is 2.27. The second-order valence-electron chi connectivity index (χ2n) is 7.92. The molecule has 5 nitrogen and oxygen atoms in total. The van der Waals surface area contributed by atoms with Gasteiger partial charge in [-0.1, -0.05) is 18.6 Å². The Labute approximate surface area is 188 Å². The molecule has 4 aromatic rings. The van der Waals surface area contributed by atoms with E-state index in [1.165, 1.54) is 0 Å². The molecule has 0 unspecified atom stereocenters. The Balaban J connectivity index is 1.70. The summed E-state index contributed by atoms with van der Waals surface area (Å²) < 4.78 is 5.69. The van der Waals surface area contributed by atoms with Gasteiger partial charge in [0.2, 0.25) is 0 Å². The van der Waals surface area contributed by atoms with Crippen LogP contribution in [0.3, 0.4) is 0 Å². The van der Waals surface area contributed by atoms with Crippen molar-refractivity contribution in [2.45, 2.75) is 33.2 Å². The Morgan fingerprint density at radius 1 is 1.03 bits per heavy atom. The number of amides is 1. The zero-order chi connectivity index (χ0) is 22.5. The molecular formula is C27H27N3O2. The van der Waals surface area contributed by atoms with Gasteiger partial charge in [0.1, 0.15) is 5.75 Å². The van der Waals surface area contributed by atoms with Crippen molar-refractivity contribution in [1.29, 1.82) is 0 Å². The number of ether oxygens (including phenoxy) is 1. The number of nitrogens with zero attached hydrogens (tertiary/aromatic N) is 2. The molecule has 2 aromatic heterocycles. The summed E-state index contributed by atoms with van der Waals surface area (Å²) in [5.74, 6) is 0.701. The second-order valence-corrected chi connectivity index (χ2v) is 7.92. The molecule has 0 aliphatic heterocycles. The molecule has 0 aliphatic rings. The zero-order valence-corrected chi connectivity index (χ0v) is 18.6. The van der Waals surface area contributed by atoms with Crippen molar-refractivity contribution in [3.63, 3.8) is 0 Å². The minimum absolute atomic E-state index is 0.128. The minimum atomic E-state index is -0.142. The topological polar surface area (TPSA) is 64.1 Å². The number of nitrogens with one attached hydrogen (secondary N) is 1. The summed E-state index contributed by atoms with van der Waals surface area (Å²) in [6, 6.07) is 19.4. The van der Waals surface area contributed by atoms with Crippen LogP contribution in [0.25, 0.3) is 22.2 Å². The van der Waals surface area contributed by atoms with Gasteiger partial charge < -0.3 is 10.1 Å².